The van der Waals surface area contributed by atoms with Crippen LogP contribution in [0.15, 0.2) is 46.5 Å². The van der Waals surface area contributed by atoms with Crippen molar-refractivity contribution in [1.82, 2.24) is 15.0 Å². The number of hydrogen-bond donors (Lipinski definition) is 2. The molecule has 4 rings (SSSR count). The van der Waals surface area contributed by atoms with Crippen LogP contribution in [0.2, 0.25) is 0 Å². The molecule has 0 aliphatic carbocycles. The van der Waals surface area contributed by atoms with Crippen molar-refractivity contribution >= 4 is 33.3 Å². The van der Waals surface area contributed by atoms with Crippen LogP contribution in [-0.2, 0) is 11.2 Å². The third-order valence-electron chi connectivity index (χ3n) is 3.70. The molecule has 0 bridgehead atoms. The van der Waals surface area contributed by atoms with Crippen molar-refractivity contribution in [2.24, 2.45) is 0 Å². The lowest BCUT2D eigenvalue weighted by atomic mass is 10.1. The molecule has 120 valence electrons. The summed E-state index contributed by atoms with van der Waals surface area (Å²) in [4.78, 5) is 23.9. The van der Waals surface area contributed by atoms with E-state index in [1.165, 1.54) is 23.8 Å². The number of anilines is 1. The Bertz CT molecular complexity index is 1000. The minimum absolute atomic E-state index is 0.0913. The average Bonchev–Trinajstić information content (AvgIpc) is 3.26. The Kier molecular flexibility index (Phi) is 3.62. The zero-order valence-corrected chi connectivity index (χ0v) is 13.7. The standard InChI is InChI=1S/C17H14N4O2S/c1-10-16(11-4-2-3-5-12(11)19-10)13-9-24-17(20-13)21-14(22)8-15-18-6-7-23-15/h2-7,9,19H,8H2,1H3,(H,20,21,22). The summed E-state index contributed by atoms with van der Waals surface area (Å²) in [5.74, 6) is 0.186. The molecule has 0 saturated carbocycles. The second-order valence-electron chi connectivity index (χ2n) is 5.36. The zero-order chi connectivity index (χ0) is 16.5. The molecule has 2 N–H and O–H groups in total. The van der Waals surface area contributed by atoms with Crippen LogP contribution in [0.4, 0.5) is 5.13 Å². The van der Waals surface area contributed by atoms with Gasteiger partial charge in [0, 0.05) is 27.5 Å². The van der Waals surface area contributed by atoms with Crippen LogP contribution in [0, 0.1) is 6.92 Å². The number of aromatic nitrogens is 3. The molecule has 4 aromatic rings. The van der Waals surface area contributed by atoms with Crippen molar-refractivity contribution in [3.8, 4) is 11.3 Å². The SMILES string of the molecule is Cc1[nH]c2ccccc2c1-c1csc(NC(=O)Cc2ncco2)n1. The third kappa shape index (κ3) is 2.69. The van der Waals surface area contributed by atoms with Crippen LogP contribution >= 0.6 is 11.3 Å². The van der Waals surface area contributed by atoms with E-state index < -0.39 is 0 Å². The quantitative estimate of drug-likeness (QED) is 0.593. The van der Waals surface area contributed by atoms with Crippen molar-refractivity contribution in [3.05, 3.63) is 53.7 Å². The molecule has 3 heterocycles. The first-order chi connectivity index (χ1) is 11.7. The maximum absolute atomic E-state index is 12.0. The molecular formula is C17H14N4O2S. The smallest absolute Gasteiger partial charge is 0.235 e. The number of nitrogens with zero attached hydrogens (tertiary/aromatic N) is 2. The van der Waals surface area contributed by atoms with Crippen LogP contribution in [0.25, 0.3) is 22.2 Å². The van der Waals surface area contributed by atoms with Gasteiger partial charge in [0.25, 0.3) is 0 Å². The number of carbonyl (C=O) groups excluding carboxylic acids is 1. The summed E-state index contributed by atoms with van der Waals surface area (Å²) in [6.45, 7) is 2.02. The minimum Gasteiger partial charge on any atom is -0.448 e. The van der Waals surface area contributed by atoms with Gasteiger partial charge >= 0.3 is 0 Å². The van der Waals surface area contributed by atoms with Gasteiger partial charge < -0.3 is 14.7 Å². The van der Waals surface area contributed by atoms with Crippen molar-refractivity contribution in [1.29, 1.82) is 0 Å². The van der Waals surface area contributed by atoms with Crippen LogP contribution in [0.5, 0.6) is 0 Å². The highest BCUT2D eigenvalue weighted by molar-refractivity contribution is 7.14. The number of aromatic amines is 1. The molecule has 3 aromatic heterocycles. The Hall–Kier alpha value is -2.93. The van der Waals surface area contributed by atoms with Crippen molar-refractivity contribution in [2.45, 2.75) is 13.3 Å². The molecule has 0 radical (unpaired) electrons. The summed E-state index contributed by atoms with van der Waals surface area (Å²) in [5.41, 5.74) is 4.04. The third-order valence-corrected chi connectivity index (χ3v) is 4.45. The molecule has 1 amide bonds. The monoisotopic (exact) mass is 338 g/mol. The summed E-state index contributed by atoms with van der Waals surface area (Å²) >= 11 is 1.40. The Labute approximate surface area is 141 Å². The van der Waals surface area contributed by atoms with Gasteiger partial charge in [0.05, 0.1) is 11.9 Å². The molecule has 6 nitrogen and oxygen atoms in total. The summed E-state index contributed by atoms with van der Waals surface area (Å²) in [7, 11) is 0. The van der Waals surface area contributed by atoms with Gasteiger partial charge in [0.15, 0.2) is 5.13 Å². The number of amides is 1. The lowest BCUT2D eigenvalue weighted by Gasteiger charge is -1.99. The fourth-order valence-electron chi connectivity index (χ4n) is 2.69. The van der Waals surface area contributed by atoms with E-state index in [0.29, 0.717) is 11.0 Å². The van der Waals surface area contributed by atoms with E-state index in [2.05, 4.69) is 26.3 Å². The summed E-state index contributed by atoms with van der Waals surface area (Å²) in [6.07, 6.45) is 3.06. The lowest BCUT2D eigenvalue weighted by Crippen LogP contribution is -2.14. The van der Waals surface area contributed by atoms with Gasteiger partial charge in [-0.25, -0.2) is 9.97 Å². The molecule has 0 fully saturated rings. The van der Waals surface area contributed by atoms with E-state index in [1.54, 1.807) is 0 Å². The number of rotatable bonds is 4. The van der Waals surface area contributed by atoms with Gasteiger partial charge in [0.1, 0.15) is 12.7 Å². The number of oxazole rings is 1. The molecule has 24 heavy (non-hydrogen) atoms. The van der Waals surface area contributed by atoms with E-state index in [1.807, 2.05) is 30.5 Å². The van der Waals surface area contributed by atoms with Gasteiger partial charge in [-0.05, 0) is 13.0 Å². The number of H-pyrrole nitrogens is 1. The summed E-state index contributed by atoms with van der Waals surface area (Å²) < 4.78 is 5.08. The first-order valence-electron chi connectivity index (χ1n) is 7.42. The maximum Gasteiger partial charge on any atom is 0.235 e. The molecule has 0 atom stereocenters. The highest BCUT2D eigenvalue weighted by Gasteiger charge is 2.15. The average molecular weight is 338 g/mol. The molecule has 0 spiro atoms. The number of benzene rings is 1. The number of para-hydroxylation sites is 1. The molecule has 0 saturated heterocycles. The van der Waals surface area contributed by atoms with E-state index >= 15 is 0 Å². The topological polar surface area (TPSA) is 83.8 Å². The van der Waals surface area contributed by atoms with Crippen LogP contribution in [-0.4, -0.2) is 20.9 Å². The van der Waals surface area contributed by atoms with Crippen molar-refractivity contribution < 1.29 is 9.21 Å². The minimum atomic E-state index is -0.200. The molecule has 0 unspecified atom stereocenters. The Morgan fingerprint density at radius 1 is 1.38 bits per heavy atom. The predicted molar refractivity (Wildman–Crippen MR) is 93.0 cm³/mol. The maximum atomic E-state index is 12.0. The Morgan fingerprint density at radius 3 is 3.08 bits per heavy atom. The molecule has 0 aliphatic rings. The van der Waals surface area contributed by atoms with Gasteiger partial charge in [0.2, 0.25) is 11.8 Å². The molecular weight excluding hydrogens is 324 g/mol. The van der Waals surface area contributed by atoms with E-state index in [9.17, 15) is 4.79 Å². The largest absolute Gasteiger partial charge is 0.448 e. The summed E-state index contributed by atoms with van der Waals surface area (Å²) in [5, 5.41) is 6.42. The number of thiazole rings is 1. The van der Waals surface area contributed by atoms with Crippen LogP contribution < -0.4 is 5.32 Å². The number of aryl methyl sites for hydroxylation is 1. The van der Waals surface area contributed by atoms with Gasteiger partial charge in [-0.2, -0.15) is 0 Å². The molecule has 0 aliphatic heterocycles. The normalized spacial score (nSPS) is 11.0. The van der Waals surface area contributed by atoms with E-state index in [0.717, 1.165) is 27.9 Å². The Balaban J connectivity index is 1.58. The zero-order valence-electron chi connectivity index (χ0n) is 12.9. The number of fused-ring (bicyclic) bond motifs is 1. The number of hydrogen-bond acceptors (Lipinski definition) is 5. The first-order valence-corrected chi connectivity index (χ1v) is 8.30. The fourth-order valence-corrected chi connectivity index (χ4v) is 3.41. The number of carbonyl (C=O) groups is 1. The van der Waals surface area contributed by atoms with Gasteiger partial charge in [-0.1, -0.05) is 18.2 Å². The number of nitrogens with one attached hydrogen (secondary N) is 2. The second kappa shape index (κ2) is 5.93. The van der Waals surface area contributed by atoms with Crippen molar-refractivity contribution in [3.63, 3.8) is 0 Å². The van der Waals surface area contributed by atoms with Crippen LogP contribution in [0.1, 0.15) is 11.6 Å². The highest BCUT2D eigenvalue weighted by atomic mass is 32.1. The lowest BCUT2D eigenvalue weighted by molar-refractivity contribution is -0.115. The fraction of sp³-hybridized carbons (Fsp3) is 0.118. The van der Waals surface area contributed by atoms with Crippen molar-refractivity contribution in [2.75, 3.05) is 5.32 Å². The summed E-state index contributed by atoms with van der Waals surface area (Å²) in [6, 6.07) is 8.10. The predicted octanol–water partition coefficient (Wildman–Crippen LogP) is 3.77. The van der Waals surface area contributed by atoms with Crippen LogP contribution in [0.3, 0.4) is 0 Å². The van der Waals surface area contributed by atoms with E-state index in [4.69, 9.17) is 4.42 Å². The Morgan fingerprint density at radius 2 is 2.25 bits per heavy atom. The van der Waals surface area contributed by atoms with Gasteiger partial charge in [-0.15, -0.1) is 11.3 Å². The molecule has 1 aromatic carbocycles. The second-order valence-corrected chi connectivity index (χ2v) is 6.22. The van der Waals surface area contributed by atoms with E-state index in [-0.39, 0.29) is 12.3 Å². The molecule has 7 heteroatoms. The highest BCUT2D eigenvalue weighted by Crippen LogP contribution is 2.33. The first kappa shape index (κ1) is 14.6. The van der Waals surface area contributed by atoms with Gasteiger partial charge in [-0.3, -0.25) is 4.79 Å².